The van der Waals surface area contributed by atoms with E-state index in [0.29, 0.717) is 6.61 Å². The van der Waals surface area contributed by atoms with E-state index in [0.717, 1.165) is 51.3 Å². The van der Waals surface area contributed by atoms with Crippen molar-refractivity contribution >= 4 is 27.5 Å². The van der Waals surface area contributed by atoms with Crippen molar-refractivity contribution in [2.45, 2.75) is 0 Å². The monoisotopic (exact) mass is 298 g/mol. The number of H-pyrrole nitrogens is 1. The van der Waals surface area contributed by atoms with Crippen LogP contribution in [0.25, 0.3) is 21.8 Å². The second kappa shape index (κ2) is 4.73. The Morgan fingerprint density at radius 2 is 2.05 bits per heavy atom. The molecular formula is C17H18N2O3. The maximum atomic E-state index is 5.92. The first-order chi connectivity index (χ1) is 10.7. The number of hydrogen-bond donors (Lipinski definition) is 1. The molecule has 0 amide bonds. The molecule has 0 radical (unpaired) electrons. The van der Waals surface area contributed by atoms with Gasteiger partial charge < -0.3 is 24.1 Å². The van der Waals surface area contributed by atoms with Crippen LogP contribution in [-0.2, 0) is 0 Å². The molecule has 0 saturated heterocycles. The number of rotatable bonds is 2. The van der Waals surface area contributed by atoms with Crippen LogP contribution < -0.4 is 19.1 Å². The molecular weight excluding hydrogens is 280 g/mol. The van der Waals surface area contributed by atoms with E-state index in [2.05, 4.69) is 29.1 Å². The lowest BCUT2D eigenvalue weighted by atomic mass is 10.1. The smallest absolute Gasteiger partial charge is 0.166 e. The van der Waals surface area contributed by atoms with Gasteiger partial charge in [-0.25, -0.2) is 0 Å². The van der Waals surface area contributed by atoms with Crippen LogP contribution in [0, 0.1) is 0 Å². The number of likely N-dealkylation sites (N-methyl/N-ethyl adjacent to an activating group) is 1. The van der Waals surface area contributed by atoms with Gasteiger partial charge in [0.2, 0.25) is 0 Å². The number of methoxy groups -OCH3 is 2. The molecule has 1 aromatic heterocycles. The van der Waals surface area contributed by atoms with Crippen molar-refractivity contribution in [1.29, 1.82) is 0 Å². The molecule has 2 aromatic carbocycles. The number of ether oxygens (including phenoxy) is 3. The first-order valence-electron chi connectivity index (χ1n) is 7.27. The van der Waals surface area contributed by atoms with E-state index >= 15 is 0 Å². The lowest BCUT2D eigenvalue weighted by molar-refractivity contribution is 0.314. The summed E-state index contributed by atoms with van der Waals surface area (Å²) < 4.78 is 16.8. The number of benzene rings is 2. The Balaban J connectivity index is 2.09. The van der Waals surface area contributed by atoms with Crippen molar-refractivity contribution in [1.82, 2.24) is 4.98 Å². The predicted molar refractivity (Wildman–Crippen MR) is 87.7 cm³/mol. The van der Waals surface area contributed by atoms with Crippen LogP contribution >= 0.6 is 0 Å². The zero-order valence-electron chi connectivity index (χ0n) is 12.9. The summed E-state index contributed by atoms with van der Waals surface area (Å²) in [5.74, 6) is 2.47. The number of fused-ring (bicyclic) bond motifs is 5. The predicted octanol–water partition coefficient (Wildman–Crippen LogP) is 3.17. The molecule has 0 atom stereocenters. The van der Waals surface area contributed by atoms with Gasteiger partial charge in [-0.2, -0.15) is 0 Å². The summed E-state index contributed by atoms with van der Waals surface area (Å²) in [4.78, 5) is 5.67. The average Bonchev–Trinajstić information content (AvgIpc) is 2.93. The molecule has 1 N–H and O–H groups in total. The zero-order chi connectivity index (χ0) is 15.3. The zero-order valence-corrected chi connectivity index (χ0v) is 12.9. The molecule has 0 bridgehead atoms. The van der Waals surface area contributed by atoms with Crippen molar-refractivity contribution in [2.75, 3.05) is 39.3 Å². The molecule has 4 rings (SSSR count). The van der Waals surface area contributed by atoms with E-state index in [1.54, 1.807) is 14.2 Å². The molecule has 114 valence electrons. The summed E-state index contributed by atoms with van der Waals surface area (Å²) in [6.07, 6.45) is 0. The fourth-order valence-corrected chi connectivity index (χ4v) is 3.14. The summed E-state index contributed by atoms with van der Waals surface area (Å²) in [6.45, 7) is 1.59. The lowest BCUT2D eigenvalue weighted by Gasteiger charge is -2.27. The molecule has 5 nitrogen and oxygen atoms in total. The summed E-state index contributed by atoms with van der Waals surface area (Å²) >= 11 is 0. The number of nitrogens with zero attached hydrogens (tertiary/aromatic N) is 1. The van der Waals surface area contributed by atoms with E-state index in [4.69, 9.17) is 14.2 Å². The van der Waals surface area contributed by atoms with E-state index in [9.17, 15) is 0 Å². The van der Waals surface area contributed by atoms with Crippen molar-refractivity contribution in [3.8, 4) is 17.2 Å². The van der Waals surface area contributed by atoms with Crippen molar-refractivity contribution in [3.05, 3.63) is 24.3 Å². The molecule has 0 fully saturated rings. The van der Waals surface area contributed by atoms with E-state index in [1.807, 2.05) is 12.1 Å². The topological polar surface area (TPSA) is 46.7 Å². The summed E-state index contributed by atoms with van der Waals surface area (Å²) in [5.41, 5.74) is 3.10. The van der Waals surface area contributed by atoms with Crippen LogP contribution in [-0.4, -0.2) is 39.4 Å². The number of hydrogen-bond acceptors (Lipinski definition) is 4. The molecule has 1 aliphatic heterocycles. The van der Waals surface area contributed by atoms with Gasteiger partial charge in [0.1, 0.15) is 18.1 Å². The van der Waals surface area contributed by atoms with E-state index < -0.39 is 0 Å². The molecule has 5 heteroatoms. The van der Waals surface area contributed by atoms with Crippen LogP contribution in [0.2, 0.25) is 0 Å². The van der Waals surface area contributed by atoms with Gasteiger partial charge in [-0.3, -0.25) is 0 Å². The number of aromatic nitrogens is 1. The fourth-order valence-electron chi connectivity index (χ4n) is 3.14. The Morgan fingerprint density at radius 1 is 1.18 bits per heavy atom. The highest BCUT2D eigenvalue weighted by Crippen LogP contribution is 2.43. The van der Waals surface area contributed by atoms with Gasteiger partial charge in [0, 0.05) is 30.0 Å². The number of aromatic amines is 1. The second-order valence-corrected chi connectivity index (χ2v) is 5.48. The summed E-state index contributed by atoms with van der Waals surface area (Å²) in [5, 5.41) is 2.15. The van der Waals surface area contributed by atoms with Gasteiger partial charge in [-0.05, 0) is 12.1 Å². The van der Waals surface area contributed by atoms with Crippen LogP contribution in [0.3, 0.4) is 0 Å². The highest BCUT2D eigenvalue weighted by atomic mass is 16.5. The second-order valence-electron chi connectivity index (χ2n) is 5.48. The normalized spacial score (nSPS) is 14.0. The van der Waals surface area contributed by atoms with Crippen LogP contribution in [0.4, 0.5) is 5.69 Å². The third-order valence-electron chi connectivity index (χ3n) is 4.28. The molecule has 22 heavy (non-hydrogen) atoms. The Bertz CT molecular complexity index is 869. The number of nitrogens with one attached hydrogen (secondary N) is 1. The maximum absolute atomic E-state index is 5.92. The van der Waals surface area contributed by atoms with Gasteiger partial charge in [0.15, 0.2) is 5.75 Å². The average molecular weight is 298 g/mol. The third kappa shape index (κ3) is 1.71. The fraction of sp³-hybridized carbons (Fsp3) is 0.294. The Morgan fingerprint density at radius 3 is 2.82 bits per heavy atom. The summed E-state index contributed by atoms with van der Waals surface area (Å²) in [6, 6.07) is 8.11. The Kier molecular flexibility index (Phi) is 2.82. The minimum Gasteiger partial charge on any atom is -0.497 e. The number of anilines is 1. The van der Waals surface area contributed by atoms with Crippen molar-refractivity contribution in [2.24, 2.45) is 0 Å². The van der Waals surface area contributed by atoms with E-state index in [1.165, 1.54) is 0 Å². The molecule has 0 unspecified atom stereocenters. The molecule has 0 saturated carbocycles. The minimum atomic E-state index is 0.693. The quantitative estimate of drug-likeness (QED) is 0.789. The van der Waals surface area contributed by atoms with E-state index in [-0.39, 0.29) is 0 Å². The van der Waals surface area contributed by atoms with Gasteiger partial charge in [-0.1, -0.05) is 0 Å². The van der Waals surface area contributed by atoms with Crippen LogP contribution in [0.1, 0.15) is 0 Å². The molecule has 2 heterocycles. The molecule has 3 aromatic rings. The van der Waals surface area contributed by atoms with Gasteiger partial charge in [0.25, 0.3) is 0 Å². The standard InChI is InChI=1S/C17H18N2O3/c1-19-6-7-22-17-13(19)5-4-11-15-12(18-16(11)17)8-10(20-2)9-14(15)21-3/h4-5,8-9,18H,6-7H2,1-3H3. The first kappa shape index (κ1) is 13.1. The maximum Gasteiger partial charge on any atom is 0.166 e. The lowest BCUT2D eigenvalue weighted by Crippen LogP contribution is -2.28. The van der Waals surface area contributed by atoms with Gasteiger partial charge in [-0.15, -0.1) is 0 Å². The largest absolute Gasteiger partial charge is 0.497 e. The van der Waals surface area contributed by atoms with Crippen molar-refractivity contribution < 1.29 is 14.2 Å². The van der Waals surface area contributed by atoms with Crippen LogP contribution in [0.5, 0.6) is 17.2 Å². The summed E-state index contributed by atoms with van der Waals surface area (Å²) in [7, 11) is 5.42. The van der Waals surface area contributed by atoms with Gasteiger partial charge in [0.05, 0.1) is 37.5 Å². The Hall–Kier alpha value is -2.56. The highest BCUT2D eigenvalue weighted by molar-refractivity contribution is 6.13. The third-order valence-corrected chi connectivity index (χ3v) is 4.28. The minimum absolute atomic E-state index is 0.693. The highest BCUT2D eigenvalue weighted by Gasteiger charge is 2.21. The molecule has 0 aliphatic carbocycles. The first-order valence-corrected chi connectivity index (χ1v) is 7.27. The van der Waals surface area contributed by atoms with Crippen LogP contribution in [0.15, 0.2) is 24.3 Å². The molecule has 1 aliphatic rings. The van der Waals surface area contributed by atoms with Gasteiger partial charge >= 0.3 is 0 Å². The van der Waals surface area contributed by atoms with Crippen molar-refractivity contribution in [3.63, 3.8) is 0 Å². The molecule has 0 spiro atoms. The SMILES string of the molecule is COc1cc(OC)c2c(c1)[nH]c1c3c(ccc12)N(C)CCO3. The Labute approximate surface area is 128 Å².